The van der Waals surface area contributed by atoms with Crippen LogP contribution in [-0.2, 0) is 9.59 Å². The number of aliphatic carboxylic acids is 1. The van der Waals surface area contributed by atoms with Crippen LogP contribution in [0.1, 0.15) is 17.6 Å². The summed E-state index contributed by atoms with van der Waals surface area (Å²) < 4.78 is 1.77. The molecule has 0 saturated heterocycles. The summed E-state index contributed by atoms with van der Waals surface area (Å²) in [5.74, 6) is -1.08. The predicted octanol–water partition coefficient (Wildman–Crippen LogP) is 5.03. The number of hydrogen-bond acceptors (Lipinski definition) is 4. The number of thioether (sulfide) groups is 1. The van der Waals surface area contributed by atoms with Crippen molar-refractivity contribution in [3.05, 3.63) is 72.8 Å². The van der Waals surface area contributed by atoms with Crippen LogP contribution in [0.4, 0.5) is 5.69 Å². The Morgan fingerprint density at radius 3 is 1.97 bits per heavy atom. The second-order valence-electron chi connectivity index (χ2n) is 7.02. The number of nitrogens with zero attached hydrogens (tertiary/aromatic N) is 1. The molecular weight excluding hydrogens is 412 g/mol. The normalized spacial score (nSPS) is 11.0. The first-order valence-electron chi connectivity index (χ1n) is 9.79. The fourth-order valence-corrected chi connectivity index (χ4v) is 4.23. The lowest BCUT2D eigenvalue weighted by atomic mass is 10.2. The monoisotopic (exact) mass is 432 g/mol. The molecule has 0 aliphatic heterocycles. The number of rotatable bonds is 7. The van der Waals surface area contributed by atoms with Gasteiger partial charge in [0.15, 0.2) is 0 Å². The molecule has 156 valence electrons. The van der Waals surface area contributed by atoms with Gasteiger partial charge in [0.25, 0.3) is 0 Å². The maximum atomic E-state index is 13.1. The van der Waals surface area contributed by atoms with Crippen molar-refractivity contribution in [3.8, 4) is 0 Å². The Balaban J connectivity index is 1.45. The molecule has 0 bridgehead atoms. The van der Waals surface area contributed by atoms with Crippen molar-refractivity contribution in [2.75, 3.05) is 11.1 Å². The molecule has 1 heterocycles. The van der Waals surface area contributed by atoms with Crippen LogP contribution in [0.2, 0.25) is 0 Å². The van der Waals surface area contributed by atoms with Crippen molar-refractivity contribution in [2.45, 2.75) is 17.7 Å². The van der Waals surface area contributed by atoms with Crippen LogP contribution < -0.4 is 5.32 Å². The molecule has 0 aliphatic carbocycles. The SMILES string of the molecule is O=C(O)CCC(=O)Nc1ccc(SCC(=O)n2c3ccccc3c3ccccc32)cc1. The van der Waals surface area contributed by atoms with Gasteiger partial charge in [0, 0.05) is 27.8 Å². The third-order valence-corrected chi connectivity index (χ3v) is 5.89. The molecule has 0 aliphatic rings. The number of hydrogen-bond donors (Lipinski definition) is 2. The Labute approximate surface area is 182 Å². The molecule has 1 amide bonds. The highest BCUT2D eigenvalue weighted by atomic mass is 32.2. The van der Waals surface area contributed by atoms with E-state index in [1.807, 2.05) is 60.7 Å². The summed E-state index contributed by atoms with van der Waals surface area (Å²) in [6, 6.07) is 22.9. The molecule has 4 rings (SSSR count). The summed E-state index contributed by atoms with van der Waals surface area (Å²) in [7, 11) is 0. The average molecular weight is 433 g/mol. The van der Waals surface area contributed by atoms with Crippen LogP contribution in [0.25, 0.3) is 21.8 Å². The van der Waals surface area contributed by atoms with Gasteiger partial charge in [-0.1, -0.05) is 36.4 Å². The number of aromatic nitrogens is 1. The zero-order valence-corrected chi connectivity index (χ0v) is 17.4. The minimum Gasteiger partial charge on any atom is -0.481 e. The Morgan fingerprint density at radius 2 is 1.39 bits per heavy atom. The van der Waals surface area contributed by atoms with Crippen LogP contribution in [0.5, 0.6) is 0 Å². The second kappa shape index (κ2) is 9.06. The first-order valence-corrected chi connectivity index (χ1v) is 10.8. The highest BCUT2D eigenvalue weighted by molar-refractivity contribution is 8.00. The van der Waals surface area contributed by atoms with Crippen LogP contribution in [-0.4, -0.2) is 33.2 Å². The average Bonchev–Trinajstić information content (AvgIpc) is 3.12. The summed E-state index contributed by atoms with van der Waals surface area (Å²) in [6.45, 7) is 0. The maximum Gasteiger partial charge on any atom is 0.303 e. The molecule has 31 heavy (non-hydrogen) atoms. The molecule has 6 nitrogen and oxygen atoms in total. The number of para-hydroxylation sites is 2. The summed E-state index contributed by atoms with van der Waals surface area (Å²) in [5.41, 5.74) is 2.39. The minimum atomic E-state index is -1.00. The van der Waals surface area contributed by atoms with Gasteiger partial charge in [-0.2, -0.15) is 0 Å². The number of carboxylic acids is 1. The lowest BCUT2D eigenvalue weighted by Crippen LogP contribution is -2.13. The Hall–Kier alpha value is -3.58. The maximum absolute atomic E-state index is 13.1. The van der Waals surface area contributed by atoms with E-state index in [0.717, 1.165) is 26.7 Å². The van der Waals surface area contributed by atoms with E-state index >= 15 is 0 Å². The van der Waals surface area contributed by atoms with Crippen molar-refractivity contribution in [1.29, 1.82) is 0 Å². The van der Waals surface area contributed by atoms with Crippen molar-refractivity contribution < 1.29 is 19.5 Å². The molecule has 0 fully saturated rings. The molecule has 4 aromatic rings. The Kier molecular flexibility index (Phi) is 6.04. The first kappa shape index (κ1) is 20.7. The molecular formula is C24H20N2O4S. The molecule has 1 aromatic heterocycles. The molecule has 0 radical (unpaired) electrons. The van der Waals surface area contributed by atoms with Crippen molar-refractivity contribution >= 4 is 57.0 Å². The van der Waals surface area contributed by atoms with E-state index in [0.29, 0.717) is 5.69 Å². The molecule has 0 saturated carbocycles. The standard InChI is InChI=1S/C24H20N2O4S/c27-22(13-14-24(29)30)25-16-9-11-17(12-10-16)31-15-23(28)26-20-7-3-1-5-18(20)19-6-2-4-8-21(19)26/h1-12H,13-15H2,(H,25,27)(H,29,30). The quantitative estimate of drug-likeness (QED) is 0.400. The number of carbonyl (C=O) groups is 3. The smallest absolute Gasteiger partial charge is 0.303 e. The third kappa shape index (κ3) is 4.62. The van der Waals surface area contributed by atoms with Gasteiger partial charge in [-0.15, -0.1) is 11.8 Å². The highest BCUT2D eigenvalue weighted by Gasteiger charge is 2.15. The van der Waals surface area contributed by atoms with Gasteiger partial charge in [-0.05, 0) is 36.4 Å². The second-order valence-corrected chi connectivity index (χ2v) is 8.07. The number of benzene rings is 3. The number of nitrogens with one attached hydrogen (secondary N) is 1. The zero-order chi connectivity index (χ0) is 21.8. The topological polar surface area (TPSA) is 88.4 Å². The van der Waals surface area contributed by atoms with Gasteiger partial charge >= 0.3 is 5.97 Å². The van der Waals surface area contributed by atoms with Gasteiger partial charge in [0.2, 0.25) is 11.8 Å². The molecule has 0 atom stereocenters. The fourth-order valence-electron chi connectivity index (χ4n) is 3.48. The van der Waals surface area contributed by atoms with Crippen LogP contribution in [0.15, 0.2) is 77.7 Å². The van der Waals surface area contributed by atoms with Gasteiger partial charge in [-0.25, -0.2) is 0 Å². The number of fused-ring (bicyclic) bond motifs is 3. The minimum absolute atomic E-state index is 0.00606. The van der Waals surface area contributed by atoms with Crippen LogP contribution in [0.3, 0.4) is 0 Å². The van der Waals surface area contributed by atoms with E-state index in [9.17, 15) is 14.4 Å². The van der Waals surface area contributed by atoms with E-state index in [1.54, 1.807) is 16.7 Å². The van der Waals surface area contributed by atoms with Crippen LogP contribution >= 0.6 is 11.8 Å². The molecule has 7 heteroatoms. The fraction of sp³-hybridized carbons (Fsp3) is 0.125. The molecule has 0 unspecified atom stereocenters. The van der Waals surface area contributed by atoms with E-state index in [-0.39, 0.29) is 30.4 Å². The van der Waals surface area contributed by atoms with Gasteiger partial charge in [0.1, 0.15) is 0 Å². The first-order chi connectivity index (χ1) is 15.0. The summed E-state index contributed by atoms with van der Waals surface area (Å²) in [6.07, 6.45) is -0.274. The number of anilines is 1. The van der Waals surface area contributed by atoms with Crippen molar-refractivity contribution in [2.24, 2.45) is 0 Å². The van der Waals surface area contributed by atoms with Crippen molar-refractivity contribution in [3.63, 3.8) is 0 Å². The van der Waals surface area contributed by atoms with E-state index < -0.39 is 5.97 Å². The Morgan fingerprint density at radius 1 is 0.806 bits per heavy atom. The summed E-state index contributed by atoms with van der Waals surface area (Å²) in [5, 5.41) is 13.4. The number of carboxylic acid groups (broad SMARTS) is 1. The van der Waals surface area contributed by atoms with Gasteiger partial charge < -0.3 is 10.4 Å². The Bertz CT molecular complexity index is 1220. The van der Waals surface area contributed by atoms with Gasteiger partial charge in [-0.3, -0.25) is 19.0 Å². The number of amides is 1. The van der Waals surface area contributed by atoms with Gasteiger partial charge in [0.05, 0.1) is 23.2 Å². The predicted molar refractivity (Wildman–Crippen MR) is 123 cm³/mol. The van der Waals surface area contributed by atoms with E-state index in [1.165, 1.54) is 11.8 Å². The largest absolute Gasteiger partial charge is 0.481 e. The lowest BCUT2D eigenvalue weighted by Gasteiger charge is -2.08. The van der Waals surface area contributed by atoms with E-state index in [4.69, 9.17) is 5.11 Å². The zero-order valence-electron chi connectivity index (χ0n) is 16.6. The number of carbonyl (C=O) groups excluding carboxylic acids is 2. The lowest BCUT2D eigenvalue weighted by molar-refractivity contribution is -0.138. The van der Waals surface area contributed by atoms with Crippen molar-refractivity contribution in [1.82, 2.24) is 4.57 Å². The van der Waals surface area contributed by atoms with Crippen LogP contribution in [0, 0.1) is 0 Å². The van der Waals surface area contributed by atoms with E-state index in [2.05, 4.69) is 5.32 Å². The molecule has 3 aromatic carbocycles. The molecule has 0 spiro atoms. The summed E-state index contributed by atoms with van der Waals surface area (Å²) >= 11 is 1.42. The summed E-state index contributed by atoms with van der Waals surface area (Å²) in [4.78, 5) is 36.3. The molecule has 2 N–H and O–H groups in total. The third-order valence-electron chi connectivity index (χ3n) is 4.90. The highest BCUT2D eigenvalue weighted by Crippen LogP contribution is 2.29.